The van der Waals surface area contributed by atoms with E-state index < -0.39 is 12.2 Å². The van der Waals surface area contributed by atoms with E-state index in [2.05, 4.69) is 4.74 Å². The number of hydrogen-bond acceptors (Lipinski definition) is 1. The maximum Gasteiger partial charge on any atom is 0.382 e. The summed E-state index contributed by atoms with van der Waals surface area (Å²) >= 11 is 0. The van der Waals surface area contributed by atoms with Crippen molar-refractivity contribution in [2.75, 3.05) is 0 Å². The third-order valence-corrected chi connectivity index (χ3v) is 0.750. The van der Waals surface area contributed by atoms with Gasteiger partial charge in [0.05, 0.1) is 0 Å². The number of halogens is 3. The predicted molar refractivity (Wildman–Crippen MR) is 18.0 cm³/mol. The molecular formula is C3H5F3O. The highest BCUT2D eigenvalue weighted by molar-refractivity contribution is 4.77. The molecule has 1 nitrogen and oxygen atoms in total. The number of hydrogen-bond donors (Lipinski definition) is 0. The van der Waals surface area contributed by atoms with Crippen molar-refractivity contribution >= 4 is 0 Å². The van der Waals surface area contributed by atoms with Gasteiger partial charge in [0.25, 0.3) is 0 Å². The molecule has 0 spiro atoms. The van der Waals surface area contributed by atoms with Crippen LogP contribution in [0.4, 0.5) is 13.5 Å². The third-order valence-electron chi connectivity index (χ3n) is 0.750. The van der Waals surface area contributed by atoms with Crippen LogP contribution >= 0.6 is 0 Å². The minimum absolute atomic E-state index is 0. The molecule has 1 rings (SSSR count). The molecule has 1 saturated heterocycles. The van der Waals surface area contributed by atoms with Gasteiger partial charge in [-0.25, -0.2) is 0 Å². The van der Waals surface area contributed by atoms with E-state index in [0.29, 0.717) is 0 Å². The van der Waals surface area contributed by atoms with Crippen molar-refractivity contribution in [3.63, 3.8) is 0 Å². The molecule has 1 heterocycles. The first-order valence-electron chi connectivity index (χ1n) is 1.68. The van der Waals surface area contributed by atoms with Crippen LogP contribution in [-0.2, 0) is 4.74 Å². The Hall–Kier alpha value is -0.250. The maximum absolute atomic E-state index is 11.3. The highest BCUT2D eigenvalue weighted by Gasteiger charge is 2.56. The van der Waals surface area contributed by atoms with E-state index in [1.807, 2.05) is 0 Å². The summed E-state index contributed by atoms with van der Waals surface area (Å²) in [5.41, 5.74) is 0. The van der Waals surface area contributed by atoms with Gasteiger partial charge in [0.15, 0.2) is 6.10 Å². The minimum atomic E-state index is -2.79. The van der Waals surface area contributed by atoms with Gasteiger partial charge in [0.2, 0.25) is 0 Å². The van der Waals surface area contributed by atoms with E-state index in [4.69, 9.17) is 0 Å². The molecule has 1 unspecified atom stereocenters. The molecule has 1 aliphatic heterocycles. The van der Waals surface area contributed by atoms with E-state index in [1.54, 1.807) is 0 Å². The number of alkyl halides is 2. The molecule has 0 aliphatic carbocycles. The second-order valence-electron chi connectivity index (χ2n) is 1.32. The van der Waals surface area contributed by atoms with Crippen LogP contribution in [0, 0.1) is 0 Å². The SMILES string of the molecule is CC1OC1(F)F.F. The van der Waals surface area contributed by atoms with Gasteiger partial charge in [-0.2, -0.15) is 8.78 Å². The van der Waals surface area contributed by atoms with Gasteiger partial charge >= 0.3 is 6.11 Å². The first-order valence-corrected chi connectivity index (χ1v) is 1.68. The zero-order chi connectivity index (χ0) is 4.78. The molecule has 0 amide bonds. The van der Waals surface area contributed by atoms with Crippen LogP contribution in [-0.4, -0.2) is 12.2 Å². The molecule has 0 aromatic rings. The van der Waals surface area contributed by atoms with Crippen LogP contribution in [0.2, 0.25) is 0 Å². The summed E-state index contributed by atoms with van der Waals surface area (Å²) in [6.07, 6.45) is -3.63. The first-order chi connectivity index (χ1) is 2.63. The highest BCUT2D eigenvalue weighted by atomic mass is 19.3. The zero-order valence-electron chi connectivity index (χ0n) is 3.65. The van der Waals surface area contributed by atoms with Gasteiger partial charge in [0.1, 0.15) is 0 Å². The Morgan fingerprint density at radius 2 is 1.71 bits per heavy atom. The van der Waals surface area contributed by atoms with Crippen molar-refractivity contribution in [1.82, 2.24) is 0 Å². The lowest BCUT2D eigenvalue weighted by Gasteiger charge is -1.74. The molecule has 0 bridgehead atoms. The quantitative estimate of drug-likeness (QED) is 0.430. The van der Waals surface area contributed by atoms with Crippen molar-refractivity contribution in [2.45, 2.75) is 19.1 Å². The topological polar surface area (TPSA) is 12.5 Å². The Morgan fingerprint density at radius 3 is 1.71 bits per heavy atom. The fourth-order valence-electron chi connectivity index (χ4n) is 0.202. The molecular weight excluding hydrogens is 109 g/mol. The normalized spacial score (nSPS) is 33.9. The van der Waals surface area contributed by atoms with E-state index in [9.17, 15) is 8.78 Å². The Kier molecular flexibility index (Phi) is 1.32. The molecule has 1 aliphatic rings. The van der Waals surface area contributed by atoms with E-state index in [0.717, 1.165) is 0 Å². The lowest BCUT2D eigenvalue weighted by atomic mass is 10.5. The third kappa shape index (κ3) is 1.06. The van der Waals surface area contributed by atoms with Gasteiger partial charge in [-0.1, -0.05) is 0 Å². The predicted octanol–water partition coefficient (Wildman–Crippen LogP) is 1.15. The van der Waals surface area contributed by atoms with Gasteiger partial charge in [-0.3, -0.25) is 4.70 Å². The Bertz CT molecular complexity index is 72.6. The van der Waals surface area contributed by atoms with E-state index >= 15 is 0 Å². The number of epoxide rings is 1. The molecule has 0 aromatic heterocycles. The molecule has 1 atom stereocenters. The smallest absolute Gasteiger partial charge is 0.306 e. The lowest BCUT2D eigenvalue weighted by molar-refractivity contribution is 0.00142. The summed E-state index contributed by atoms with van der Waals surface area (Å²) in [5.74, 6) is 0. The summed E-state index contributed by atoms with van der Waals surface area (Å²) in [6.45, 7) is 1.33. The summed E-state index contributed by atoms with van der Waals surface area (Å²) < 4.78 is 26.4. The Labute approximate surface area is 38.6 Å². The fourth-order valence-corrected chi connectivity index (χ4v) is 0.202. The average Bonchev–Trinajstić information content (AvgIpc) is 1.73. The van der Waals surface area contributed by atoms with Crippen LogP contribution in [0.15, 0.2) is 0 Å². The summed E-state index contributed by atoms with van der Waals surface area (Å²) in [6, 6.07) is 0. The first kappa shape index (κ1) is 6.75. The standard InChI is InChI=1S/C3H4F2O.FH/c1-2-3(4,5)6-2;/h2H,1H3;1H. The number of rotatable bonds is 0. The number of ether oxygens (including phenoxy) is 1. The minimum Gasteiger partial charge on any atom is -0.306 e. The maximum atomic E-state index is 11.3. The van der Waals surface area contributed by atoms with Crippen LogP contribution in [0.1, 0.15) is 6.92 Å². The average molecular weight is 114 g/mol. The lowest BCUT2D eigenvalue weighted by Crippen LogP contribution is -1.91. The van der Waals surface area contributed by atoms with Crippen LogP contribution in [0.5, 0.6) is 0 Å². The van der Waals surface area contributed by atoms with Gasteiger partial charge < -0.3 is 4.74 Å². The zero-order valence-corrected chi connectivity index (χ0v) is 3.65. The fraction of sp³-hybridized carbons (Fsp3) is 1.00. The molecule has 0 N–H and O–H groups in total. The summed E-state index contributed by atoms with van der Waals surface area (Å²) in [7, 11) is 0. The highest BCUT2D eigenvalue weighted by Crippen LogP contribution is 2.38. The van der Waals surface area contributed by atoms with Gasteiger partial charge in [-0.15, -0.1) is 0 Å². The molecule has 4 heteroatoms. The van der Waals surface area contributed by atoms with Crippen molar-refractivity contribution in [2.24, 2.45) is 0 Å². The van der Waals surface area contributed by atoms with Gasteiger partial charge in [-0.05, 0) is 6.92 Å². The van der Waals surface area contributed by atoms with Crippen molar-refractivity contribution in [1.29, 1.82) is 0 Å². The Balaban J connectivity index is 0.000000360. The molecule has 7 heavy (non-hydrogen) atoms. The largest absolute Gasteiger partial charge is 0.382 e. The second-order valence-corrected chi connectivity index (χ2v) is 1.32. The van der Waals surface area contributed by atoms with Gasteiger partial charge in [0, 0.05) is 0 Å². The van der Waals surface area contributed by atoms with Crippen molar-refractivity contribution in [3.8, 4) is 0 Å². The van der Waals surface area contributed by atoms with E-state index in [1.165, 1.54) is 6.92 Å². The van der Waals surface area contributed by atoms with Crippen LogP contribution < -0.4 is 0 Å². The van der Waals surface area contributed by atoms with E-state index in [-0.39, 0.29) is 4.70 Å². The molecule has 44 valence electrons. The Morgan fingerprint density at radius 1 is 1.57 bits per heavy atom. The van der Waals surface area contributed by atoms with Crippen LogP contribution in [0.25, 0.3) is 0 Å². The summed E-state index contributed by atoms with van der Waals surface area (Å²) in [5, 5.41) is 0. The molecule has 0 aromatic carbocycles. The molecule has 0 radical (unpaired) electrons. The second kappa shape index (κ2) is 1.36. The van der Waals surface area contributed by atoms with Crippen LogP contribution in [0.3, 0.4) is 0 Å². The monoisotopic (exact) mass is 114 g/mol. The molecule has 0 saturated carbocycles. The van der Waals surface area contributed by atoms with Crippen molar-refractivity contribution in [3.05, 3.63) is 0 Å². The van der Waals surface area contributed by atoms with Crippen molar-refractivity contribution < 1.29 is 18.2 Å². The summed E-state index contributed by atoms with van der Waals surface area (Å²) in [4.78, 5) is 0. The molecule has 1 fully saturated rings.